The quantitative estimate of drug-likeness (QED) is 0.774. The summed E-state index contributed by atoms with van der Waals surface area (Å²) in [5.74, 6) is 1.06. The standard InChI is InChI=1S/C17H28N2O2/c1-6-18-14(5)15-8-7-9-16(10-15)21-11-17(20)19-13(4)12(2)3/h7-10,12-14,18H,6,11H2,1-5H3,(H,19,20). The molecule has 0 saturated carbocycles. The van der Waals surface area contributed by atoms with Gasteiger partial charge in [0.1, 0.15) is 5.75 Å². The number of ether oxygens (including phenoxy) is 1. The highest BCUT2D eigenvalue weighted by Crippen LogP contribution is 2.18. The first-order valence-electron chi connectivity index (χ1n) is 7.69. The van der Waals surface area contributed by atoms with Gasteiger partial charge in [-0.3, -0.25) is 4.79 Å². The Kier molecular flexibility index (Phi) is 7.23. The summed E-state index contributed by atoms with van der Waals surface area (Å²) in [4.78, 5) is 11.8. The van der Waals surface area contributed by atoms with Crippen molar-refractivity contribution in [1.29, 1.82) is 0 Å². The molecular weight excluding hydrogens is 264 g/mol. The van der Waals surface area contributed by atoms with Crippen molar-refractivity contribution in [2.45, 2.75) is 46.7 Å². The normalized spacial score (nSPS) is 13.8. The van der Waals surface area contributed by atoms with Gasteiger partial charge in [-0.25, -0.2) is 0 Å². The molecule has 118 valence electrons. The summed E-state index contributed by atoms with van der Waals surface area (Å²) >= 11 is 0. The molecule has 0 aliphatic carbocycles. The third-order valence-electron chi connectivity index (χ3n) is 3.63. The molecular formula is C17H28N2O2. The summed E-state index contributed by atoms with van der Waals surface area (Å²) in [7, 11) is 0. The number of nitrogens with one attached hydrogen (secondary N) is 2. The third-order valence-corrected chi connectivity index (χ3v) is 3.63. The Labute approximate surface area is 128 Å². The molecule has 2 N–H and O–H groups in total. The van der Waals surface area contributed by atoms with Crippen molar-refractivity contribution < 1.29 is 9.53 Å². The Morgan fingerprint density at radius 1 is 1.24 bits per heavy atom. The Morgan fingerprint density at radius 2 is 1.95 bits per heavy atom. The van der Waals surface area contributed by atoms with Gasteiger partial charge in [0.15, 0.2) is 6.61 Å². The molecule has 4 heteroatoms. The lowest BCUT2D eigenvalue weighted by atomic mass is 10.1. The minimum atomic E-state index is -0.0821. The van der Waals surface area contributed by atoms with Crippen LogP contribution in [0.1, 0.15) is 46.2 Å². The fraction of sp³-hybridized carbons (Fsp3) is 0.588. The highest BCUT2D eigenvalue weighted by molar-refractivity contribution is 5.77. The number of benzene rings is 1. The lowest BCUT2D eigenvalue weighted by Gasteiger charge is -2.18. The van der Waals surface area contributed by atoms with Gasteiger partial charge in [0.05, 0.1) is 0 Å². The van der Waals surface area contributed by atoms with Crippen LogP contribution in [0.25, 0.3) is 0 Å². The highest BCUT2D eigenvalue weighted by atomic mass is 16.5. The lowest BCUT2D eigenvalue weighted by molar-refractivity contribution is -0.124. The molecule has 1 amide bonds. The molecule has 0 spiro atoms. The average Bonchev–Trinajstić information content (AvgIpc) is 2.45. The molecule has 1 aromatic rings. The topological polar surface area (TPSA) is 50.4 Å². The fourth-order valence-corrected chi connectivity index (χ4v) is 1.91. The zero-order valence-corrected chi connectivity index (χ0v) is 13.8. The van der Waals surface area contributed by atoms with Gasteiger partial charge in [0.2, 0.25) is 0 Å². The molecule has 0 aromatic heterocycles. The van der Waals surface area contributed by atoms with Crippen molar-refractivity contribution in [2.24, 2.45) is 5.92 Å². The van der Waals surface area contributed by atoms with E-state index in [0.29, 0.717) is 5.92 Å². The van der Waals surface area contributed by atoms with Crippen LogP contribution in [0.2, 0.25) is 0 Å². The van der Waals surface area contributed by atoms with Crippen molar-refractivity contribution in [1.82, 2.24) is 10.6 Å². The van der Waals surface area contributed by atoms with E-state index in [-0.39, 0.29) is 24.6 Å². The average molecular weight is 292 g/mol. The van der Waals surface area contributed by atoms with E-state index >= 15 is 0 Å². The van der Waals surface area contributed by atoms with Crippen LogP contribution >= 0.6 is 0 Å². The lowest BCUT2D eigenvalue weighted by Crippen LogP contribution is -2.38. The van der Waals surface area contributed by atoms with Crippen molar-refractivity contribution in [2.75, 3.05) is 13.2 Å². The zero-order valence-electron chi connectivity index (χ0n) is 13.8. The summed E-state index contributed by atoms with van der Waals surface area (Å²) in [6.45, 7) is 11.3. The Morgan fingerprint density at radius 3 is 2.57 bits per heavy atom. The first kappa shape index (κ1) is 17.5. The number of hydrogen-bond donors (Lipinski definition) is 2. The van der Waals surface area contributed by atoms with Crippen LogP contribution in [0, 0.1) is 5.92 Å². The summed E-state index contributed by atoms with van der Waals surface area (Å²) in [5.41, 5.74) is 1.16. The van der Waals surface area contributed by atoms with Gasteiger partial charge in [-0.15, -0.1) is 0 Å². The van der Waals surface area contributed by atoms with Gasteiger partial charge in [0, 0.05) is 12.1 Å². The second-order valence-corrected chi connectivity index (χ2v) is 5.74. The van der Waals surface area contributed by atoms with Gasteiger partial charge >= 0.3 is 0 Å². The van der Waals surface area contributed by atoms with E-state index in [1.54, 1.807) is 0 Å². The van der Waals surface area contributed by atoms with Crippen molar-refractivity contribution in [3.8, 4) is 5.75 Å². The van der Waals surface area contributed by atoms with Crippen LogP contribution in [-0.4, -0.2) is 25.1 Å². The largest absolute Gasteiger partial charge is 0.484 e. The smallest absolute Gasteiger partial charge is 0.258 e. The van der Waals surface area contributed by atoms with Crippen molar-refractivity contribution in [3.05, 3.63) is 29.8 Å². The number of hydrogen-bond acceptors (Lipinski definition) is 3. The number of amides is 1. The van der Waals surface area contributed by atoms with Gasteiger partial charge in [-0.05, 0) is 44.0 Å². The van der Waals surface area contributed by atoms with E-state index in [0.717, 1.165) is 17.9 Å². The predicted octanol–water partition coefficient (Wildman–Crippen LogP) is 2.90. The molecule has 0 bridgehead atoms. The molecule has 4 nitrogen and oxygen atoms in total. The van der Waals surface area contributed by atoms with E-state index in [2.05, 4.69) is 44.4 Å². The molecule has 1 rings (SSSR count). The second kappa shape index (κ2) is 8.67. The van der Waals surface area contributed by atoms with Crippen LogP contribution in [-0.2, 0) is 4.79 Å². The van der Waals surface area contributed by atoms with Crippen LogP contribution in [0.3, 0.4) is 0 Å². The maximum atomic E-state index is 11.8. The summed E-state index contributed by atoms with van der Waals surface area (Å²) in [6, 6.07) is 8.29. The summed E-state index contributed by atoms with van der Waals surface area (Å²) in [6.07, 6.45) is 0. The molecule has 0 saturated heterocycles. The van der Waals surface area contributed by atoms with E-state index in [1.165, 1.54) is 0 Å². The van der Waals surface area contributed by atoms with Gasteiger partial charge in [-0.2, -0.15) is 0 Å². The first-order chi connectivity index (χ1) is 9.93. The predicted molar refractivity (Wildman–Crippen MR) is 86.5 cm³/mol. The van der Waals surface area contributed by atoms with E-state index in [4.69, 9.17) is 4.74 Å². The Balaban J connectivity index is 2.52. The monoisotopic (exact) mass is 292 g/mol. The second-order valence-electron chi connectivity index (χ2n) is 5.74. The van der Waals surface area contributed by atoms with Gasteiger partial charge < -0.3 is 15.4 Å². The number of carbonyl (C=O) groups excluding carboxylic acids is 1. The molecule has 0 radical (unpaired) electrons. The van der Waals surface area contributed by atoms with Crippen LogP contribution < -0.4 is 15.4 Å². The molecule has 2 unspecified atom stereocenters. The summed E-state index contributed by atoms with van der Waals surface area (Å²) in [5, 5.41) is 6.29. The minimum Gasteiger partial charge on any atom is -0.484 e. The van der Waals surface area contributed by atoms with Crippen molar-refractivity contribution >= 4 is 5.91 Å². The SMILES string of the molecule is CCNC(C)c1cccc(OCC(=O)NC(C)C(C)C)c1. The van der Waals surface area contributed by atoms with E-state index < -0.39 is 0 Å². The Hall–Kier alpha value is -1.55. The maximum Gasteiger partial charge on any atom is 0.258 e. The van der Waals surface area contributed by atoms with Crippen LogP contribution in [0.15, 0.2) is 24.3 Å². The molecule has 0 fully saturated rings. The molecule has 0 aliphatic heterocycles. The molecule has 2 atom stereocenters. The Bertz CT molecular complexity index is 446. The first-order valence-corrected chi connectivity index (χ1v) is 7.69. The fourth-order valence-electron chi connectivity index (χ4n) is 1.91. The number of carbonyl (C=O) groups is 1. The summed E-state index contributed by atoms with van der Waals surface area (Å²) < 4.78 is 5.58. The van der Waals surface area contributed by atoms with Crippen LogP contribution in [0.5, 0.6) is 5.75 Å². The highest BCUT2D eigenvalue weighted by Gasteiger charge is 2.11. The van der Waals surface area contributed by atoms with E-state index in [1.807, 2.05) is 25.1 Å². The van der Waals surface area contributed by atoms with Crippen molar-refractivity contribution in [3.63, 3.8) is 0 Å². The number of rotatable bonds is 8. The van der Waals surface area contributed by atoms with Gasteiger partial charge in [-0.1, -0.05) is 32.9 Å². The van der Waals surface area contributed by atoms with Crippen LogP contribution in [0.4, 0.5) is 0 Å². The van der Waals surface area contributed by atoms with E-state index in [9.17, 15) is 4.79 Å². The maximum absolute atomic E-state index is 11.8. The molecule has 21 heavy (non-hydrogen) atoms. The minimum absolute atomic E-state index is 0.0517. The zero-order chi connectivity index (χ0) is 15.8. The molecule has 0 heterocycles. The molecule has 1 aromatic carbocycles. The van der Waals surface area contributed by atoms with Gasteiger partial charge in [0.25, 0.3) is 5.91 Å². The third kappa shape index (κ3) is 6.17. The molecule has 0 aliphatic rings.